The van der Waals surface area contributed by atoms with E-state index in [4.69, 9.17) is 0 Å². The zero-order chi connectivity index (χ0) is 22.2. The van der Waals surface area contributed by atoms with Gasteiger partial charge in [-0.2, -0.15) is 0 Å². The SMILES string of the molecule is CCC(Sc1cccc(NC(=O)Cc2ccccc2)c1)C(=O)Nc1ccc(Br)cc1F. The summed E-state index contributed by atoms with van der Waals surface area (Å²) in [4.78, 5) is 25.8. The minimum Gasteiger partial charge on any atom is -0.326 e. The fourth-order valence-electron chi connectivity index (χ4n) is 2.92. The number of nitrogens with one attached hydrogen (secondary N) is 2. The number of rotatable bonds is 8. The summed E-state index contributed by atoms with van der Waals surface area (Å²) in [5, 5.41) is 5.15. The lowest BCUT2D eigenvalue weighted by Crippen LogP contribution is -2.25. The van der Waals surface area contributed by atoms with E-state index in [-0.39, 0.29) is 23.9 Å². The molecule has 31 heavy (non-hydrogen) atoms. The summed E-state index contributed by atoms with van der Waals surface area (Å²) >= 11 is 4.58. The smallest absolute Gasteiger partial charge is 0.237 e. The second-order valence-electron chi connectivity index (χ2n) is 6.87. The molecule has 3 aromatic carbocycles. The van der Waals surface area contributed by atoms with Crippen LogP contribution in [0.4, 0.5) is 15.8 Å². The molecule has 3 rings (SSSR count). The van der Waals surface area contributed by atoms with Crippen molar-refractivity contribution in [3.63, 3.8) is 0 Å². The topological polar surface area (TPSA) is 58.2 Å². The molecule has 1 unspecified atom stereocenters. The fraction of sp³-hybridized carbons (Fsp3) is 0.167. The van der Waals surface area contributed by atoms with Crippen LogP contribution in [0.15, 0.2) is 82.2 Å². The maximum Gasteiger partial charge on any atom is 0.237 e. The fourth-order valence-corrected chi connectivity index (χ4v) is 4.27. The molecule has 4 nitrogen and oxygen atoms in total. The molecule has 7 heteroatoms. The van der Waals surface area contributed by atoms with Crippen LogP contribution in [0, 0.1) is 5.82 Å². The van der Waals surface area contributed by atoms with Gasteiger partial charge in [-0.25, -0.2) is 4.39 Å². The van der Waals surface area contributed by atoms with Crippen LogP contribution in [0.25, 0.3) is 0 Å². The lowest BCUT2D eigenvalue weighted by atomic mass is 10.1. The molecule has 0 aliphatic carbocycles. The van der Waals surface area contributed by atoms with E-state index in [0.29, 0.717) is 16.6 Å². The molecule has 0 aromatic heterocycles. The van der Waals surface area contributed by atoms with Crippen LogP contribution in [0.1, 0.15) is 18.9 Å². The van der Waals surface area contributed by atoms with Crippen molar-refractivity contribution < 1.29 is 14.0 Å². The van der Waals surface area contributed by atoms with Crippen molar-refractivity contribution in [1.29, 1.82) is 0 Å². The van der Waals surface area contributed by atoms with E-state index in [0.717, 1.165) is 10.5 Å². The molecule has 2 N–H and O–H groups in total. The number of thioether (sulfide) groups is 1. The second kappa shape index (κ2) is 11.1. The molecule has 160 valence electrons. The van der Waals surface area contributed by atoms with E-state index < -0.39 is 11.1 Å². The molecule has 2 amide bonds. The zero-order valence-corrected chi connectivity index (χ0v) is 19.3. The Morgan fingerprint density at radius 2 is 1.77 bits per heavy atom. The number of benzene rings is 3. The lowest BCUT2D eigenvalue weighted by molar-refractivity contribution is -0.116. The Morgan fingerprint density at radius 1 is 1.00 bits per heavy atom. The standard InChI is InChI=1S/C24H22BrFN2O2S/c1-2-22(24(30)28-21-12-11-17(25)14-20(21)26)31-19-10-6-9-18(15-19)27-23(29)13-16-7-4-3-5-8-16/h3-12,14-15,22H,2,13H2,1H3,(H,27,29)(H,28,30). The third-order valence-corrected chi connectivity index (χ3v) is 6.31. The van der Waals surface area contributed by atoms with E-state index in [2.05, 4.69) is 26.6 Å². The number of hydrogen-bond acceptors (Lipinski definition) is 3. The predicted octanol–water partition coefficient (Wildman–Crippen LogP) is 6.28. The monoisotopic (exact) mass is 500 g/mol. The van der Waals surface area contributed by atoms with Gasteiger partial charge in [0, 0.05) is 15.1 Å². The highest BCUT2D eigenvalue weighted by Crippen LogP contribution is 2.29. The number of carbonyl (C=O) groups excluding carboxylic acids is 2. The first kappa shape index (κ1) is 23.0. The summed E-state index contributed by atoms with van der Waals surface area (Å²) in [6.07, 6.45) is 0.857. The van der Waals surface area contributed by atoms with Crippen molar-refractivity contribution in [3.8, 4) is 0 Å². The van der Waals surface area contributed by atoms with Crippen LogP contribution in [-0.2, 0) is 16.0 Å². The normalized spacial score (nSPS) is 11.6. The number of carbonyl (C=O) groups is 2. The van der Waals surface area contributed by atoms with Crippen LogP contribution in [0.5, 0.6) is 0 Å². The van der Waals surface area contributed by atoms with E-state index in [1.54, 1.807) is 6.07 Å². The van der Waals surface area contributed by atoms with Crippen molar-refractivity contribution >= 4 is 50.9 Å². The van der Waals surface area contributed by atoms with Crippen LogP contribution >= 0.6 is 27.7 Å². The van der Waals surface area contributed by atoms with Gasteiger partial charge in [0.1, 0.15) is 5.82 Å². The third kappa shape index (κ3) is 6.94. The molecule has 0 aliphatic heterocycles. The van der Waals surface area contributed by atoms with E-state index >= 15 is 0 Å². The number of amides is 2. The Morgan fingerprint density at radius 3 is 2.48 bits per heavy atom. The van der Waals surface area contributed by atoms with Crippen LogP contribution in [0.3, 0.4) is 0 Å². The number of anilines is 2. The molecular weight excluding hydrogens is 479 g/mol. The highest BCUT2D eigenvalue weighted by Gasteiger charge is 2.19. The van der Waals surface area contributed by atoms with Crippen LogP contribution < -0.4 is 10.6 Å². The van der Waals surface area contributed by atoms with E-state index in [1.807, 2.05) is 61.5 Å². The van der Waals surface area contributed by atoms with Crippen molar-refractivity contribution in [2.45, 2.75) is 29.9 Å². The molecule has 0 radical (unpaired) electrons. The van der Waals surface area contributed by atoms with Crippen molar-refractivity contribution in [2.24, 2.45) is 0 Å². The Labute approximate surface area is 193 Å². The Balaban J connectivity index is 1.62. The number of hydrogen-bond donors (Lipinski definition) is 2. The maximum absolute atomic E-state index is 14.0. The van der Waals surface area contributed by atoms with Gasteiger partial charge in [-0.15, -0.1) is 11.8 Å². The van der Waals surface area contributed by atoms with E-state index in [9.17, 15) is 14.0 Å². The summed E-state index contributed by atoms with van der Waals surface area (Å²) in [5.41, 5.74) is 1.75. The van der Waals surface area contributed by atoms with Gasteiger partial charge in [0.05, 0.1) is 17.4 Å². The molecule has 0 fully saturated rings. The molecule has 0 spiro atoms. The summed E-state index contributed by atoms with van der Waals surface area (Å²) in [6, 6.07) is 21.4. The molecule has 0 saturated heterocycles. The zero-order valence-electron chi connectivity index (χ0n) is 16.9. The van der Waals surface area contributed by atoms with Gasteiger partial charge in [-0.05, 0) is 48.4 Å². The molecule has 3 aromatic rings. The number of halogens is 2. The van der Waals surface area contributed by atoms with Crippen LogP contribution in [-0.4, -0.2) is 17.1 Å². The quantitative estimate of drug-likeness (QED) is 0.358. The Kier molecular flexibility index (Phi) is 8.26. The van der Waals surface area contributed by atoms with Crippen molar-refractivity contribution in [3.05, 3.63) is 88.6 Å². The second-order valence-corrected chi connectivity index (χ2v) is 9.06. The largest absolute Gasteiger partial charge is 0.326 e. The van der Waals surface area contributed by atoms with Gasteiger partial charge < -0.3 is 10.6 Å². The molecule has 0 aliphatic rings. The van der Waals surface area contributed by atoms with Crippen LogP contribution in [0.2, 0.25) is 0 Å². The van der Waals surface area contributed by atoms with E-state index in [1.165, 1.54) is 23.9 Å². The molecule has 0 bridgehead atoms. The summed E-state index contributed by atoms with van der Waals surface area (Å²) < 4.78 is 14.7. The minimum atomic E-state index is -0.495. The first-order valence-corrected chi connectivity index (χ1v) is 11.5. The minimum absolute atomic E-state index is 0.108. The first-order valence-electron chi connectivity index (χ1n) is 9.81. The molecule has 1 atom stereocenters. The van der Waals surface area contributed by atoms with Gasteiger partial charge in [0.25, 0.3) is 0 Å². The molecular formula is C24H22BrFN2O2S. The van der Waals surface area contributed by atoms with Gasteiger partial charge in [-0.1, -0.05) is 59.3 Å². The first-order chi connectivity index (χ1) is 14.9. The Hall–Kier alpha value is -2.64. The third-order valence-electron chi connectivity index (χ3n) is 4.46. The van der Waals surface area contributed by atoms with Crippen molar-refractivity contribution in [1.82, 2.24) is 0 Å². The maximum atomic E-state index is 14.0. The van der Waals surface area contributed by atoms with Gasteiger partial charge in [-0.3, -0.25) is 9.59 Å². The molecule has 0 saturated carbocycles. The van der Waals surface area contributed by atoms with Gasteiger partial charge in [0.2, 0.25) is 11.8 Å². The lowest BCUT2D eigenvalue weighted by Gasteiger charge is -2.16. The van der Waals surface area contributed by atoms with Gasteiger partial charge in [0.15, 0.2) is 0 Å². The highest BCUT2D eigenvalue weighted by molar-refractivity contribution is 9.10. The highest BCUT2D eigenvalue weighted by atomic mass is 79.9. The van der Waals surface area contributed by atoms with Crippen molar-refractivity contribution in [2.75, 3.05) is 10.6 Å². The predicted molar refractivity (Wildman–Crippen MR) is 128 cm³/mol. The average Bonchev–Trinajstić information content (AvgIpc) is 2.75. The molecule has 0 heterocycles. The summed E-state index contributed by atoms with van der Waals surface area (Å²) in [7, 11) is 0. The Bertz CT molecular complexity index is 1060. The average molecular weight is 501 g/mol. The van der Waals surface area contributed by atoms with Gasteiger partial charge >= 0.3 is 0 Å². The summed E-state index contributed by atoms with van der Waals surface area (Å²) in [6.45, 7) is 1.90. The summed E-state index contributed by atoms with van der Waals surface area (Å²) in [5.74, 6) is -0.873.